The molecule has 4 aliphatic heterocycles. The number of rotatable bonds is 7. The predicted molar refractivity (Wildman–Crippen MR) is 190 cm³/mol. The van der Waals surface area contributed by atoms with E-state index in [0.717, 1.165) is 30.6 Å². The SMILES string of the molecule is CN1C[C@H](Nc2cnn(C)c(=O)c2Br)C[C@H](c2ccc(C(=O)N3CCN(Cc4cccc5c4CN(C4CCC(=O)NC4=O)C5=O)CC3)cc2)C1. The number of carbonyl (C=O) groups is 4. The molecule has 3 aromatic rings. The van der Waals surface area contributed by atoms with Gasteiger partial charge in [-0.05, 0) is 76.6 Å². The van der Waals surface area contributed by atoms with E-state index in [1.807, 2.05) is 35.2 Å². The summed E-state index contributed by atoms with van der Waals surface area (Å²) in [7, 11) is 3.72. The Morgan fingerprint density at radius 2 is 1.76 bits per heavy atom. The fourth-order valence-corrected chi connectivity index (χ4v) is 8.20. The molecular formula is C36H41BrN8O5. The third kappa shape index (κ3) is 6.83. The first-order valence-electron chi connectivity index (χ1n) is 17.1. The molecule has 0 spiro atoms. The summed E-state index contributed by atoms with van der Waals surface area (Å²) in [6.07, 6.45) is 3.12. The highest BCUT2D eigenvalue weighted by atomic mass is 79.9. The smallest absolute Gasteiger partial charge is 0.282 e. The monoisotopic (exact) mass is 744 g/mol. The Balaban J connectivity index is 0.937. The lowest BCUT2D eigenvalue weighted by Gasteiger charge is -2.37. The first-order chi connectivity index (χ1) is 24.0. The Kier molecular flexibility index (Phi) is 9.59. The second kappa shape index (κ2) is 14.1. The highest BCUT2D eigenvalue weighted by Crippen LogP contribution is 2.32. The van der Waals surface area contributed by atoms with Gasteiger partial charge in [-0.15, -0.1) is 0 Å². The number of aryl methyl sites for hydroxylation is 1. The van der Waals surface area contributed by atoms with Crippen molar-refractivity contribution in [3.8, 4) is 0 Å². The number of likely N-dealkylation sites (N-methyl/N-ethyl adjacent to an activating group) is 1. The molecule has 4 amide bonds. The van der Waals surface area contributed by atoms with E-state index < -0.39 is 11.9 Å². The van der Waals surface area contributed by atoms with Crippen LogP contribution >= 0.6 is 15.9 Å². The average Bonchev–Trinajstić information content (AvgIpc) is 3.45. The van der Waals surface area contributed by atoms with Crippen molar-refractivity contribution in [3.63, 3.8) is 0 Å². The molecule has 262 valence electrons. The van der Waals surface area contributed by atoms with Gasteiger partial charge < -0.3 is 20.0 Å². The zero-order valence-corrected chi connectivity index (χ0v) is 29.8. The van der Waals surface area contributed by atoms with Gasteiger partial charge in [0.15, 0.2) is 0 Å². The van der Waals surface area contributed by atoms with Crippen LogP contribution in [0.15, 0.2) is 57.9 Å². The van der Waals surface area contributed by atoms with Gasteiger partial charge in [0, 0.05) is 83.0 Å². The lowest BCUT2D eigenvalue weighted by Crippen LogP contribution is -2.52. The van der Waals surface area contributed by atoms with E-state index in [-0.39, 0.29) is 41.7 Å². The predicted octanol–water partition coefficient (Wildman–Crippen LogP) is 2.16. The van der Waals surface area contributed by atoms with Gasteiger partial charge in [-0.3, -0.25) is 34.2 Å². The molecule has 3 fully saturated rings. The first-order valence-corrected chi connectivity index (χ1v) is 17.9. The number of fused-ring (bicyclic) bond motifs is 1. The molecule has 7 rings (SSSR count). The summed E-state index contributed by atoms with van der Waals surface area (Å²) in [5.41, 5.74) is 4.94. The maximum Gasteiger partial charge on any atom is 0.282 e. The van der Waals surface area contributed by atoms with Crippen LogP contribution in [0.25, 0.3) is 0 Å². The second-order valence-corrected chi connectivity index (χ2v) is 14.6. The number of halogens is 1. The number of nitrogens with zero attached hydrogens (tertiary/aromatic N) is 6. The van der Waals surface area contributed by atoms with Crippen molar-refractivity contribution in [1.29, 1.82) is 0 Å². The van der Waals surface area contributed by atoms with E-state index in [0.29, 0.717) is 67.0 Å². The first kappa shape index (κ1) is 34.1. The van der Waals surface area contributed by atoms with Crippen LogP contribution in [0.2, 0.25) is 0 Å². The summed E-state index contributed by atoms with van der Waals surface area (Å²) in [5, 5.41) is 10.0. The number of benzene rings is 2. The van der Waals surface area contributed by atoms with Gasteiger partial charge in [0.2, 0.25) is 11.8 Å². The van der Waals surface area contributed by atoms with Crippen LogP contribution in [-0.2, 0) is 29.7 Å². The zero-order valence-electron chi connectivity index (χ0n) is 28.2. The number of piperidine rings is 2. The summed E-state index contributed by atoms with van der Waals surface area (Å²) in [4.78, 5) is 71.3. The molecule has 3 atom stereocenters. The number of amides is 4. The van der Waals surface area contributed by atoms with Crippen molar-refractivity contribution in [1.82, 2.24) is 34.7 Å². The topological polar surface area (TPSA) is 140 Å². The number of anilines is 1. The zero-order chi connectivity index (χ0) is 35.1. The van der Waals surface area contributed by atoms with Crippen LogP contribution in [0, 0.1) is 0 Å². The van der Waals surface area contributed by atoms with Gasteiger partial charge in [-0.1, -0.05) is 24.3 Å². The fraction of sp³-hybridized carbons (Fsp3) is 0.444. The van der Waals surface area contributed by atoms with E-state index in [2.05, 4.69) is 60.6 Å². The third-order valence-electron chi connectivity index (χ3n) is 10.4. The van der Waals surface area contributed by atoms with Crippen molar-refractivity contribution in [2.45, 2.75) is 50.4 Å². The van der Waals surface area contributed by atoms with E-state index >= 15 is 0 Å². The molecule has 2 aromatic carbocycles. The molecule has 0 radical (unpaired) electrons. The molecule has 0 saturated carbocycles. The second-order valence-electron chi connectivity index (χ2n) is 13.8. The minimum absolute atomic E-state index is 0.0191. The lowest BCUT2D eigenvalue weighted by molar-refractivity contribution is -0.136. The Morgan fingerprint density at radius 1 is 1.00 bits per heavy atom. The Labute approximate surface area is 298 Å². The van der Waals surface area contributed by atoms with Gasteiger partial charge in [-0.25, -0.2) is 4.68 Å². The van der Waals surface area contributed by atoms with Crippen LogP contribution in [0.5, 0.6) is 0 Å². The summed E-state index contributed by atoms with van der Waals surface area (Å²) < 4.78 is 1.77. The van der Waals surface area contributed by atoms with Crippen molar-refractivity contribution in [3.05, 3.63) is 91.3 Å². The summed E-state index contributed by atoms with van der Waals surface area (Å²) in [6, 6.07) is 13.2. The van der Waals surface area contributed by atoms with Crippen molar-refractivity contribution < 1.29 is 19.2 Å². The summed E-state index contributed by atoms with van der Waals surface area (Å²) in [5.74, 6) is -0.593. The van der Waals surface area contributed by atoms with Crippen molar-refractivity contribution in [2.75, 3.05) is 51.6 Å². The number of hydrogen-bond donors (Lipinski definition) is 2. The average molecular weight is 746 g/mol. The van der Waals surface area contributed by atoms with Gasteiger partial charge in [0.05, 0.1) is 11.9 Å². The number of piperazine rings is 1. The highest BCUT2D eigenvalue weighted by molar-refractivity contribution is 9.10. The summed E-state index contributed by atoms with van der Waals surface area (Å²) >= 11 is 3.42. The normalized spacial score (nSPS) is 23.2. The number of carbonyl (C=O) groups excluding carboxylic acids is 4. The minimum atomic E-state index is -0.639. The third-order valence-corrected chi connectivity index (χ3v) is 11.2. The van der Waals surface area contributed by atoms with Crippen LogP contribution in [0.4, 0.5) is 5.69 Å². The maximum absolute atomic E-state index is 13.5. The summed E-state index contributed by atoms with van der Waals surface area (Å²) in [6.45, 7) is 5.36. The fourth-order valence-electron chi connectivity index (χ4n) is 7.73. The van der Waals surface area contributed by atoms with Gasteiger partial charge in [-0.2, -0.15) is 5.10 Å². The van der Waals surface area contributed by atoms with Crippen molar-refractivity contribution in [2.24, 2.45) is 7.05 Å². The lowest BCUT2D eigenvalue weighted by atomic mass is 9.87. The largest absolute Gasteiger partial charge is 0.379 e. The molecule has 3 saturated heterocycles. The number of likely N-dealkylation sites (tertiary alicyclic amines) is 1. The molecule has 5 heterocycles. The van der Waals surface area contributed by atoms with E-state index in [9.17, 15) is 24.0 Å². The van der Waals surface area contributed by atoms with E-state index in [1.54, 1.807) is 18.1 Å². The molecule has 0 bridgehead atoms. The minimum Gasteiger partial charge on any atom is -0.379 e. The van der Waals surface area contributed by atoms with E-state index in [4.69, 9.17) is 0 Å². The highest BCUT2D eigenvalue weighted by Gasteiger charge is 2.40. The maximum atomic E-state index is 13.5. The van der Waals surface area contributed by atoms with Gasteiger partial charge in [0.25, 0.3) is 17.4 Å². The molecule has 4 aliphatic rings. The molecule has 14 heteroatoms. The van der Waals surface area contributed by atoms with Crippen molar-refractivity contribution >= 4 is 45.2 Å². The standard InChI is InChI=1S/C36H41BrN8O5/c1-41-18-25(16-26(20-41)39-29-17-38-42(2)36(50)32(29)37)22-6-8-23(9-7-22)34(48)44-14-12-43(13-15-44)19-24-4-3-5-27-28(24)21-45(35(27)49)30-10-11-31(46)40-33(30)47/h3-9,17,25-26,30,39H,10-16,18-21H2,1-2H3,(H,40,46,47)/t25-,26+,30?/m0/s1. The Morgan fingerprint density at radius 3 is 2.50 bits per heavy atom. The van der Waals surface area contributed by atoms with Crippen LogP contribution in [0.1, 0.15) is 62.6 Å². The molecular weight excluding hydrogens is 704 g/mol. The molecule has 0 aliphatic carbocycles. The molecule has 50 heavy (non-hydrogen) atoms. The molecule has 13 nitrogen and oxygen atoms in total. The van der Waals surface area contributed by atoms with Crippen LogP contribution < -0.4 is 16.2 Å². The Bertz CT molecular complexity index is 1890. The number of imide groups is 1. The number of hydrogen-bond acceptors (Lipinski definition) is 9. The van der Waals surface area contributed by atoms with E-state index in [1.165, 1.54) is 10.2 Å². The number of nitrogens with one attached hydrogen (secondary N) is 2. The molecule has 2 N–H and O–H groups in total. The molecule has 1 unspecified atom stereocenters. The Hall–Kier alpha value is -4.40. The molecule has 1 aromatic heterocycles. The van der Waals surface area contributed by atoms with Gasteiger partial charge >= 0.3 is 0 Å². The van der Waals surface area contributed by atoms with Crippen LogP contribution in [0.3, 0.4) is 0 Å². The van der Waals surface area contributed by atoms with Gasteiger partial charge in [0.1, 0.15) is 10.5 Å². The van der Waals surface area contributed by atoms with Crippen LogP contribution in [-0.4, -0.2) is 111 Å². The quantitative estimate of drug-likeness (QED) is 0.349. The number of aromatic nitrogens is 2.